The summed E-state index contributed by atoms with van der Waals surface area (Å²) in [7, 11) is 0. The number of fused-ring (bicyclic) bond motifs is 1. The molecule has 0 unspecified atom stereocenters. The Morgan fingerprint density at radius 3 is 2.85 bits per heavy atom. The van der Waals surface area contributed by atoms with Gasteiger partial charge in [0.25, 0.3) is 0 Å². The van der Waals surface area contributed by atoms with Crippen LogP contribution in [-0.4, -0.2) is 29.4 Å². The summed E-state index contributed by atoms with van der Waals surface area (Å²) >= 11 is 0. The fourth-order valence-corrected chi connectivity index (χ4v) is 2.37. The highest BCUT2D eigenvalue weighted by Gasteiger charge is 2.14. The second-order valence-electron chi connectivity index (χ2n) is 5.33. The maximum Gasteiger partial charge on any atom is 0.387 e. The number of aromatic amines is 1. The number of anilines is 2. The Kier molecular flexibility index (Phi) is 5.50. The van der Waals surface area contributed by atoms with Crippen molar-refractivity contribution in [3.8, 4) is 11.5 Å². The van der Waals surface area contributed by atoms with Crippen molar-refractivity contribution < 1.29 is 23.0 Å². The molecule has 0 spiro atoms. The van der Waals surface area contributed by atoms with Gasteiger partial charge in [-0.15, -0.1) is 0 Å². The minimum absolute atomic E-state index is 0.107. The normalized spacial score (nSPS) is 10.6. The number of ether oxygens (including phenoxy) is 2. The largest absolute Gasteiger partial charge is 0.489 e. The number of benzene rings is 2. The van der Waals surface area contributed by atoms with E-state index in [2.05, 4.69) is 32.1 Å². The molecule has 0 saturated carbocycles. The standard InChI is InChI=1S/C18H16F2N4O3/c1-2-9-26-11-7-8-12-14(10-11)23-24-16(12)22-18(25)21-13-5-3-4-6-15(13)27-17(19)20/h2-8,10,17H,1,9H2,(H3,21,22,23,24,25). The summed E-state index contributed by atoms with van der Waals surface area (Å²) in [5, 5.41) is 12.5. The van der Waals surface area contributed by atoms with Crippen LogP contribution in [0.2, 0.25) is 0 Å². The highest BCUT2D eigenvalue weighted by atomic mass is 19.3. The zero-order valence-electron chi connectivity index (χ0n) is 14.0. The summed E-state index contributed by atoms with van der Waals surface area (Å²) < 4.78 is 34.7. The Balaban J connectivity index is 1.72. The minimum Gasteiger partial charge on any atom is -0.489 e. The number of hydrogen-bond acceptors (Lipinski definition) is 4. The molecule has 2 aromatic carbocycles. The molecule has 7 nitrogen and oxygen atoms in total. The summed E-state index contributed by atoms with van der Waals surface area (Å²) in [6, 6.07) is 10.4. The van der Waals surface area contributed by atoms with E-state index in [0.717, 1.165) is 0 Å². The first-order valence-electron chi connectivity index (χ1n) is 7.90. The summed E-state index contributed by atoms with van der Waals surface area (Å²) in [5.41, 5.74) is 0.767. The lowest BCUT2D eigenvalue weighted by Crippen LogP contribution is -2.20. The molecule has 0 radical (unpaired) electrons. The van der Waals surface area contributed by atoms with E-state index in [1.54, 1.807) is 30.3 Å². The van der Waals surface area contributed by atoms with E-state index >= 15 is 0 Å². The molecular formula is C18H16F2N4O3. The number of alkyl halides is 2. The van der Waals surface area contributed by atoms with Crippen LogP contribution in [0, 0.1) is 0 Å². The van der Waals surface area contributed by atoms with Crippen LogP contribution in [0.5, 0.6) is 11.5 Å². The monoisotopic (exact) mass is 374 g/mol. The van der Waals surface area contributed by atoms with Gasteiger partial charge < -0.3 is 14.8 Å². The van der Waals surface area contributed by atoms with E-state index < -0.39 is 12.6 Å². The number of carbonyl (C=O) groups excluding carboxylic acids is 1. The Hall–Kier alpha value is -3.62. The molecule has 3 N–H and O–H groups in total. The summed E-state index contributed by atoms with van der Waals surface area (Å²) in [6.07, 6.45) is 1.63. The number of hydrogen-bond donors (Lipinski definition) is 3. The van der Waals surface area contributed by atoms with Gasteiger partial charge in [-0.1, -0.05) is 24.8 Å². The van der Waals surface area contributed by atoms with Gasteiger partial charge >= 0.3 is 12.6 Å². The van der Waals surface area contributed by atoms with Crippen LogP contribution in [0.25, 0.3) is 10.9 Å². The number of aromatic nitrogens is 2. The van der Waals surface area contributed by atoms with E-state index in [4.69, 9.17) is 4.74 Å². The second kappa shape index (κ2) is 8.17. The van der Waals surface area contributed by atoms with Crippen molar-refractivity contribution in [3.63, 3.8) is 0 Å². The lowest BCUT2D eigenvalue weighted by atomic mass is 10.2. The van der Waals surface area contributed by atoms with E-state index in [0.29, 0.717) is 23.3 Å². The number of nitrogens with one attached hydrogen (secondary N) is 3. The van der Waals surface area contributed by atoms with Gasteiger partial charge in [0.05, 0.1) is 11.2 Å². The van der Waals surface area contributed by atoms with Crippen molar-refractivity contribution in [2.75, 3.05) is 17.2 Å². The number of carbonyl (C=O) groups is 1. The molecule has 0 aliphatic carbocycles. The number of halogens is 2. The van der Waals surface area contributed by atoms with Gasteiger partial charge in [-0.3, -0.25) is 10.4 Å². The molecule has 3 aromatic rings. The lowest BCUT2D eigenvalue weighted by Gasteiger charge is -2.11. The molecule has 1 heterocycles. The Morgan fingerprint density at radius 2 is 2.07 bits per heavy atom. The molecule has 0 atom stereocenters. The fraction of sp³-hybridized carbons (Fsp3) is 0.111. The zero-order valence-corrected chi connectivity index (χ0v) is 14.0. The van der Waals surface area contributed by atoms with E-state index in [1.165, 1.54) is 18.2 Å². The molecule has 1 aromatic heterocycles. The predicted octanol–water partition coefficient (Wildman–Crippen LogP) is 4.37. The predicted molar refractivity (Wildman–Crippen MR) is 97.5 cm³/mol. The fourth-order valence-electron chi connectivity index (χ4n) is 2.37. The summed E-state index contributed by atoms with van der Waals surface area (Å²) in [5.74, 6) is 0.767. The zero-order chi connectivity index (χ0) is 19.2. The maximum absolute atomic E-state index is 12.4. The van der Waals surface area contributed by atoms with Crippen molar-refractivity contribution in [2.45, 2.75) is 6.61 Å². The topological polar surface area (TPSA) is 88.3 Å². The first-order chi connectivity index (χ1) is 13.1. The Labute approximate surface area is 153 Å². The van der Waals surface area contributed by atoms with Crippen molar-refractivity contribution in [2.24, 2.45) is 0 Å². The molecule has 3 rings (SSSR count). The molecule has 27 heavy (non-hydrogen) atoms. The van der Waals surface area contributed by atoms with Gasteiger partial charge in [0.15, 0.2) is 5.82 Å². The van der Waals surface area contributed by atoms with Crippen LogP contribution in [-0.2, 0) is 0 Å². The number of nitrogens with zero attached hydrogens (tertiary/aromatic N) is 1. The van der Waals surface area contributed by atoms with Crippen LogP contribution >= 0.6 is 0 Å². The third kappa shape index (κ3) is 4.51. The van der Waals surface area contributed by atoms with Gasteiger partial charge in [-0.25, -0.2) is 4.79 Å². The number of urea groups is 1. The average molecular weight is 374 g/mol. The van der Waals surface area contributed by atoms with E-state index in [9.17, 15) is 13.6 Å². The molecule has 0 fully saturated rings. The van der Waals surface area contributed by atoms with Crippen LogP contribution in [0.1, 0.15) is 0 Å². The first kappa shape index (κ1) is 18.2. The number of H-pyrrole nitrogens is 1. The average Bonchev–Trinajstić information content (AvgIpc) is 3.03. The molecule has 9 heteroatoms. The quantitative estimate of drug-likeness (QED) is 0.536. The first-order valence-corrected chi connectivity index (χ1v) is 7.90. The van der Waals surface area contributed by atoms with E-state index in [1.807, 2.05) is 0 Å². The molecule has 0 aliphatic heterocycles. The Morgan fingerprint density at radius 1 is 1.26 bits per heavy atom. The molecule has 0 saturated heterocycles. The Bertz CT molecular complexity index is 959. The van der Waals surface area contributed by atoms with Gasteiger partial charge in [-0.2, -0.15) is 13.9 Å². The van der Waals surface area contributed by atoms with Gasteiger partial charge in [0.2, 0.25) is 0 Å². The maximum atomic E-state index is 12.4. The van der Waals surface area contributed by atoms with Crippen LogP contribution in [0.3, 0.4) is 0 Å². The second-order valence-corrected chi connectivity index (χ2v) is 5.33. The minimum atomic E-state index is -3.00. The van der Waals surface area contributed by atoms with Gasteiger partial charge in [-0.05, 0) is 24.3 Å². The molecule has 2 amide bonds. The third-order valence-electron chi connectivity index (χ3n) is 3.49. The van der Waals surface area contributed by atoms with Crippen molar-refractivity contribution in [1.82, 2.24) is 10.2 Å². The number of rotatable bonds is 7. The van der Waals surface area contributed by atoms with Gasteiger partial charge in [0, 0.05) is 11.5 Å². The molecule has 0 bridgehead atoms. The van der Waals surface area contributed by atoms with Crippen molar-refractivity contribution in [1.29, 1.82) is 0 Å². The summed E-state index contributed by atoms with van der Waals surface area (Å²) in [6.45, 7) is 0.953. The van der Waals surface area contributed by atoms with Crippen LogP contribution in [0.15, 0.2) is 55.1 Å². The lowest BCUT2D eigenvalue weighted by molar-refractivity contribution is -0.0493. The highest BCUT2D eigenvalue weighted by Crippen LogP contribution is 2.27. The molecule has 140 valence electrons. The van der Waals surface area contributed by atoms with Crippen molar-refractivity contribution >= 4 is 28.4 Å². The molecular weight excluding hydrogens is 358 g/mol. The smallest absolute Gasteiger partial charge is 0.387 e. The van der Waals surface area contributed by atoms with Crippen LogP contribution < -0.4 is 20.1 Å². The van der Waals surface area contributed by atoms with Gasteiger partial charge in [0.1, 0.15) is 18.1 Å². The van der Waals surface area contributed by atoms with Crippen molar-refractivity contribution in [3.05, 3.63) is 55.1 Å². The highest BCUT2D eigenvalue weighted by molar-refractivity contribution is 6.05. The number of amides is 2. The molecule has 0 aliphatic rings. The third-order valence-corrected chi connectivity index (χ3v) is 3.49. The number of para-hydroxylation sites is 2. The van der Waals surface area contributed by atoms with E-state index in [-0.39, 0.29) is 17.3 Å². The SMILES string of the molecule is C=CCOc1ccc2c(NC(=O)Nc3ccccc3OC(F)F)n[nH]c2c1. The van der Waals surface area contributed by atoms with Crippen LogP contribution in [0.4, 0.5) is 25.1 Å². The summed E-state index contributed by atoms with van der Waals surface area (Å²) in [4.78, 5) is 12.2.